The van der Waals surface area contributed by atoms with Crippen molar-refractivity contribution in [1.29, 1.82) is 0 Å². The molecule has 0 N–H and O–H groups in total. The fourth-order valence-electron chi connectivity index (χ4n) is 4.14. The molecule has 0 aromatic carbocycles. The first kappa shape index (κ1) is 14.4. The minimum atomic E-state index is 0.810. The van der Waals surface area contributed by atoms with E-state index in [4.69, 9.17) is 4.74 Å². The lowest BCUT2D eigenvalue weighted by Crippen LogP contribution is -2.40. The van der Waals surface area contributed by atoms with E-state index in [-0.39, 0.29) is 0 Å². The Morgan fingerprint density at radius 3 is 2.73 bits per heavy atom. The summed E-state index contributed by atoms with van der Waals surface area (Å²) in [4.78, 5) is 14.2. The number of fused-ring (bicyclic) bond motifs is 1. The zero-order valence-electron chi connectivity index (χ0n) is 13.3. The van der Waals surface area contributed by atoms with E-state index >= 15 is 0 Å². The first-order valence-electron chi connectivity index (χ1n) is 8.78. The van der Waals surface area contributed by atoms with Crippen LogP contribution in [0.5, 0.6) is 0 Å². The summed E-state index contributed by atoms with van der Waals surface area (Å²) < 4.78 is 5.48. The monoisotopic (exact) mass is 302 g/mol. The lowest BCUT2D eigenvalue weighted by atomic mass is 10.0. The van der Waals surface area contributed by atoms with Gasteiger partial charge in [-0.1, -0.05) is 12.8 Å². The molecule has 0 unspecified atom stereocenters. The quantitative estimate of drug-likeness (QED) is 0.852. The molecule has 120 valence electrons. The van der Waals surface area contributed by atoms with Gasteiger partial charge in [0.2, 0.25) is 0 Å². The minimum Gasteiger partial charge on any atom is -0.378 e. The predicted octanol–water partition coefficient (Wildman–Crippen LogP) is 1.86. The van der Waals surface area contributed by atoms with Crippen LogP contribution >= 0.6 is 0 Å². The van der Waals surface area contributed by atoms with Crippen molar-refractivity contribution in [2.75, 3.05) is 44.3 Å². The van der Waals surface area contributed by atoms with Crippen molar-refractivity contribution in [3.05, 3.63) is 17.6 Å². The maximum Gasteiger partial charge on any atom is 0.136 e. The molecule has 2 aliphatic heterocycles. The normalized spacial score (nSPS) is 23.7. The maximum absolute atomic E-state index is 5.48. The van der Waals surface area contributed by atoms with E-state index in [1.165, 1.54) is 43.5 Å². The van der Waals surface area contributed by atoms with E-state index in [1.807, 2.05) is 0 Å². The van der Waals surface area contributed by atoms with Crippen LogP contribution in [0.1, 0.15) is 36.9 Å². The molecule has 1 aromatic heterocycles. The van der Waals surface area contributed by atoms with E-state index in [9.17, 15) is 0 Å². The van der Waals surface area contributed by atoms with Gasteiger partial charge in [-0.2, -0.15) is 0 Å². The summed E-state index contributed by atoms with van der Waals surface area (Å²) >= 11 is 0. The van der Waals surface area contributed by atoms with Gasteiger partial charge in [0.05, 0.1) is 18.9 Å². The molecule has 0 radical (unpaired) electrons. The molecule has 1 aliphatic carbocycles. The molecule has 0 bridgehead atoms. The van der Waals surface area contributed by atoms with Crippen molar-refractivity contribution in [1.82, 2.24) is 14.9 Å². The number of hydrogen-bond donors (Lipinski definition) is 0. The van der Waals surface area contributed by atoms with Crippen molar-refractivity contribution < 1.29 is 4.74 Å². The van der Waals surface area contributed by atoms with Crippen molar-refractivity contribution in [2.45, 2.75) is 38.6 Å². The van der Waals surface area contributed by atoms with Gasteiger partial charge < -0.3 is 9.64 Å². The number of morpholine rings is 1. The van der Waals surface area contributed by atoms with Crippen LogP contribution in [0, 0.1) is 5.92 Å². The van der Waals surface area contributed by atoms with Gasteiger partial charge in [0.25, 0.3) is 0 Å². The summed E-state index contributed by atoms with van der Waals surface area (Å²) in [6, 6.07) is 0. The molecule has 1 saturated heterocycles. The fourth-order valence-corrected chi connectivity index (χ4v) is 4.14. The lowest BCUT2D eigenvalue weighted by Gasteiger charge is -2.34. The highest BCUT2D eigenvalue weighted by Gasteiger charge is 2.26. The third-order valence-electron chi connectivity index (χ3n) is 5.36. The van der Waals surface area contributed by atoms with Crippen LogP contribution in [-0.4, -0.2) is 54.3 Å². The molecule has 4 rings (SSSR count). The van der Waals surface area contributed by atoms with Gasteiger partial charge in [0.15, 0.2) is 0 Å². The fraction of sp³-hybridized carbons (Fsp3) is 0.765. The van der Waals surface area contributed by atoms with Gasteiger partial charge in [0.1, 0.15) is 12.1 Å². The smallest absolute Gasteiger partial charge is 0.136 e. The van der Waals surface area contributed by atoms with Crippen LogP contribution in [0.4, 0.5) is 5.82 Å². The van der Waals surface area contributed by atoms with E-state index in [2.05, 4.69) is 19.8 Å². The van der Waals surface area contributed by atoms with Crippen molar-refractivity contribution in [3.63, 3.8) is 0 Å². The molecule has 3 aliphatic rings. The summed E-state index contributed by atoms with van der Waals surface area (Å²) in [6.07, 6.45) is 8.52. The van der Waals surface area contributed by atoms with E-state index < -0.39 is 0 Å². The Morgan fingerprint density at radius 1 is 1.09 bits per heavy atom. The molecule has 0 atom stereocenters. The third-order valence-corrected chi connectivity index (χ3v) is 5.36. The molecule has 1 aromatic rings. The highest BCUT2D eigenvalue weighted by Crippen LogP contribution is 2.30. The second-order valence-corrected chi connectivity index (χ2v) is 6.86. The molecule has 22 heavy (non-hydrogen) atoms. The predicted molar refractivity (Wildman–Crippen MR) is 86.0 cm³/mol. The second-order valence-electron chi connectivity index (χ2n) is 6.86. The van der Waals surface area contributed by atoms with Gasteiger partial charge in [-0.15, -0.1) is 0 Å². The lowest BCUT2D eigenvalue weighted by molar-refractivity contribution is 0.122. The summed E-state index contributed by atoms with van der Waals surface area (Å²) in [7, 11) is 0. The van der Waals surface area contributed by atoms with E-state index in [0.717, 1.165) is 57.5 Å². The Labute approximate surface area is 132 Å². The second kappa shape index (κ2) is 6.50. The van der Waals surface area contributed by atoms with Crippen molar-refractivity contribution >= 4 is 5.82 Å². The molecule has 5 nitrogen and oxygen atoms in total. The highest BCUT2D eigenvalue weighted by atomic mass is 16.5. The minimum absolute atomic E-state index is 0.810. The number of aromatic nitrogens is 2. The summed E-state index contributed by atoms with van der Waals surface area (Å²) in [5.41, 5.74) is 2.63. The summed E-state index contributed by atoms with van der Waals surface area (Å²) in [5.74, 6) is 2.07. The molecular weight excluding hydrogens is 276 g/mol. The van der Waals surface area contributed by atoms with Crippen LogP contribution in [-0.2, 0) is 17.7 Å². The van der Waals surface area contributed by atoms with Crippen LogP contribution in [0.15, 0.2) is 6.33 Å². The SMILES string of the molecule is c1nc2c(c(N3CCOCC3)n1)CN(CC1CCCC1)CC2. The Kier molecular flexibility index (Phi) is 4.26. The number of anilines is 1. The van der Waals surface area contributed by atoms with Crippen LogP contribution in [0.2, 0.25) is 0 Å². The standard InChI is InChI=1S/C17H26N4O/c1-2-4-14(3-1)11-20-6-5-16-15(12-20)17(19-13-18-16)21-7-9-22-10-8-21/h13-14H,1-12H2. The van der Waals surface area contributed by atoms with Gasteiger partial charge in [-0.25, -0.2) is 9.97 Å². The van der Waals surface area contributed by atoms with E-state index in [1.54, 1.807) is 6.33 Å². The molecule has 2 fully saturated rings. The Bertz CT molecular complexity index is 509. The average Bonchev–Trinajstić information content (AvgIpc) is 3.08. The zero-order valence-corrected chi connectivity index (χ0v) is 13.3. The van der Waals surface area contributed by atoms with Gasteiger partial charge >= 0.3 is 0 Å². The number of ether oxygens (including phenoxy) is 1. The number of rotatable bonds is 3. The molecular formula is C17H26N4O. The molecule has 0 spiro atoms. The Morgan fingerprint density at radius 2 is 1.91 bits per heavy atom. The van der Waals surface area contributed by atoms with Gasteiger partial charge in [-0.3, -0.25) is 4.90 Å². The molecule has 3 heterocycles. The van der Waals surface area contributed by atoms with Crippen LogP contribution < -0.4 is 4.90 Å². The van der Waals surface area contributed by atoms with Crippen molar-refractivity contribution in [2.24, 2.45) is 5.92 Å². The Hall–Kier alpha value is -1.20. The maximum atomic E-state index is 5.48. The molecule has 5 heteroatoms. The van der Waals surface area contributed by atoms with Crippen LogP contribution in [0.3, 0.4) is 0 Å². The Balaban J connectivity index is 1.51. The number of hydrogen-bond acceptors (Lipinski definition) is 5. The van der Waals surface area contributed by atoms with Crippen LogP contribution in [0.25, 0.3) is 0 Å². The number of nitrogens with zero attached hydrogens (tertiary/aromatic N) is 4. The largest absolute Gasteiger partial charge is 0.378 e. The molecule has 1 saturated carbocycles. The zero-order chi connectivity index (χ0) is 14.8. The summed E-state index contributed by atoms with van der Waals surface area (Å²) in [6.45, 7) is 6.96. The third kappa shape index (κ3) is 2.97. The topological polar surface area (TPSA) is 41.5 Å². The molecule has 0 amide bonds. The first-order chi connectivity index (χ1) is 10.9. The summed E-state index contributed by atoms with van der Waals surface area (Å²) in [5, 5.41) is 0. The van der Waals surface area contributed by atoms with Gasteiger partial charge in [-0.05, 0) is 18.8 Å². The average molecular weight is 302 g/mol. The highest BCUT2D eigenvalue weighted by molar-refractivity contribution is 5.49. The van der Waals surface area contributed by atoms with E-state index in [0.29, 0.717) is 0 Å². The van der Waals surface area contributed by atoms with Gasteiger partial charge in [0, 0.05) is 44.7 Å². The first-order valence-corrected chi connectivity index (χ1v) is 8.78. The van der Waals surface area contributed by atoms with Crippen molar-refractivity contribution in [3.8, 4) is 0 Å².